The fraction of sp³-hybridized carbons (Fsp3) is 0.583. The standard InChI is InChI=1S/C12H15N3S.H2O/c1-2-9(16-7-1)11-12-10(13-14-11)8-3-5-15(12)6-4-8;/h1-2,7-8,11-12,14H,3-6H2;1H2. The highest BCUT2D eigenvalue weighted by Crippen LogP contribution is 2.39. The van der Waals surface area contributed by atoms with E-state index in [1.54, 1.807) is 0 Å². The minimum atomic E-state index is 0. The van der Waals surface area contributed by atoms with Gasteiger partial charge in [0.2, 0.25) is 0 Å². The SMILES string of the molecule is O.c1csc(C2NN=C3C4CCN(CC4)C32)c1. The van der Waals surface area contributed by atoms with E-state index in [0.29, 0.717) is 12.1 Å². The van der Waals surface area contributed by atoms with Crippen molar-refractivity contribution in [2.45, 2.75) is 24.9 Å². The summed E-state index contributed by atoms with van der Waals surface area (Å²) in [6, 6.07) is 5.32. The normalized spacial score (nSPS) is 38.0. The number of hydrazone groups is 1. The Morgan fingerprint density at radius 2 is 2.18 bits per heavy atom. The molecule has 2 atom stereocenters. The van der Waals surface area contributed by atoms with Gasteiger partial charge in [0.25, 0.3) is 0 Å². The Labute approximate surface area is 105 Å². The van der Waals surface area contributed by atoms with E-state index < -0.39 is 0 Å². The van der Waals surface area contributed by atoms with Gasteiger partial charge in [0.05, 0.1) is 17.8 Å². The van der Waals surface area contributed by atoms with Crippen molar-refractivity contribution in [2.75, 3.05) is 13.1 Å². The summed E-state index contributed by atoms with van der Waals surface area (Å²) in [4.78, 5) is 4.04. The first-order valence-electron chi connectivity index (χ1n) is 6.04. The van der Waals surface area contributed by atoms with Crippen LogP contribution in [0.3, 0.4) is 0 Å². The fourth-order valence-corrected chi connectivity index (χ4v) is 4.14. The van der Waals surface area contributed by atoms with Crippen molar-refractivity contribution in [3.8, 4) is 0 Å². The van der Waals surface area contributed by atoms with Crippen molar-refractivity contribution >= 4 is 17.0 Å². The van der Waals surface area contributed by atoms with Crippen LogP contribution in [0.4, 0.5) is 0 Å². The van der Waals surface area contributed by atoms with Gasteiger partial charge in [-0.25, -0.2) is 0 Å². The number of rotatable bonds is 1. The van der Waals surface area contributed by atoms with E-state index in [1.807, 2.05) is 11.3 Å². The molecule has 0 radical (unpaired) electrons. The average Bonchev–Trinajstić information content (AvgIpc) is 3.00. The van der Waals surface area contributed by atoms with Crippen LogP contribution in [0.5, 0.6) is 0 Å². The van der Waals surface area contributed by atoms with Gasteiger partial charge in [0.15, 0.2) is 0 Å². The lowest BCUT2D eigenvalue weighted by molar-refractivity contribution is 0.134. The zero-order valence-corrected chi connectivity index (χ0v) is 10.4. The van der Waals surface area contributed by atoms with Crippen LogP contribution in [-0.2, 0) is 0 Å². The van der Waals surface area contributed by atoms with E-state index in [9.17, 15) is 0 Å². The Morgan fingerprint density at radius 1 is 1.35 bits per heavy atom. The van der Waals surface area contributed by atoms with Gasteiger partial charge in [0.1, 0.15) is 0 Å². The number of piperidine rings is 3. The van der Waals surface area contributed by atoms with E-state index in [2.05, 4.69) is 32.9 Å². The van der Waals surface area contributed by atoms with Gasteiger partial charge in [-0.1, -0.05) is 6.07 Å². The zero-order chi connectivity index (χ0) is 10.5. The van der Waals surface area contributed by atoms with Gasteiger partial charge in [-0.05, 0) is 37.4 Å². The van der Waals surface area contributed by atoms with Crippen LogP contribution in [0.15, 0.2) is 22.6 Å². The molecule has 0 aliphatic carbocycles. The lowest BCUT2D eigenvalue weighted by atomic mass is 9.79. The molecule has 5 rings (SSSR count). The molecular weight excluding hydrogens is 234 g/mol. The zero-order valence-electron chi connectivity index (χ0n) is 9.60. The molecule has 3 fully saturated rings. The lowest BCUT2D eigenvalue weighted by Crippen LogP contribution is -2.56. The number of nitrogens with zero attached hydrogens (tertiary/aromatic N) is 2. The van der Waals surface area contributed by atoms with Gasteiger partial charge in [-0.2, -0.15) is 5.10 Å². The average molecular weight is 251 g/mol. The van der Waals surface area contributed by atoms with Crippen molar-refractivity contribution < 1.29 is 5.48 Å². The summed E-state index contributed by atoms with van der Waals surface area (Å²) in [6.07, 6.45) is 2.63. The van der Waals surface area contributed by atoms with Crippen LogP contribution in [0.2, 0.25) is 0 Å². The molecule has 4 aliphatic heterocycles. The summed E-state index contributed by atoms with van der Waals surface area (Å²) in [6.45, 7) is 2.52. The minimum Gasteiger partial charge on any atom is -0.412 e. The van der Waals surface area contributed by atoms with Crippen molar-refractivity contribution in [1.29, 1.82) is 0 Å². The second-order valence-corrected chi connectivity index (χ2v) is 5.89. The third-order valence-electron chi connectivity index (χ3n) is 4.14. The Balaban J connectivity index is 0.000000902. The van der Waals surface area contributed by atoms with Gasteiger partial charge in [-0.3, -0.25) is 10.3 Å². The van der Waals surface area contributed by atoms with Crippen LogP contribution >= 0.6 is 11.3 Å². The molecule has 5 heteroatoms. The molecule has 3 N–H and O–H groups in total. The number of fused-ring (bicyclic) bond motifs is 2. The van der Waals surface area contributed by atoms with E-state index in [1.165, 1.54) is 36.5 Å². The first kappa shape index (κ1) is 11.2. The molecule has 5 heterocycles. The van der Waals surface area contributed by atoms with Crippen molar-refractivity contribution in [3.05, 3.63) is 22.4 Å². The van der Waals surface area contributed by atoms with Crippen LogP contribution < -0.4 is 5.43 Å². The Morgan fingerprint density at radius 3 is 2.88 bits per heavy atom. The molecule has 4 aliphatic rings. The smallest absolute Gasteiger partial charge is 0.0990 e. The summed E-state index contributed by atoms with van der Waals surface area (Å²) >= 11 is 1.84. The lowest BCUT2D eigenvalue weighted by Gasteiger charge is -2.45. The van der Waals surface area contributed by atoms with E-state index in [-0.39, 0.29) is 5.48 Å². The van der Waals surface area contributed by atoms with Gasteiger partial charge in [0, 0.05) is 10.8 Å². The van der Waals surface area contributed by atoms with Crippen LogP contribution in [0.1, 0.15) is 23.8 Å². The summed E-state index contributed by atoms with van der Waals surface area (Å²) in [5, 5.41) is 6.77. The molecule has 1 aromatic heterocycles. The maximum atomic E-state index is 4.61. The molecule has 2 unspecified atom stereocenters. The maximum Gasteiger partial charge on any atom is 0.0990 e. The fourth-order valence-electron chi connectivity index (χ4n) is 3.34. The predicted octanol–water partition coefficient (Wildman–Crippen LogP) is 1.02. The first-order chi connectivity index (χ1) is 7.93. The number of nitrogens with one attached hydrogen (secondary N) is 1. The Bertz CT molecular complexity index is 423. The first-order valence-corrected chi connectivity index (χ1v) is 6.92. The number of thiophene rings is 1. The second kappa shape index (κ2) is 4.08. The molecule has 0 spiro atoms. The monoisotopic (exact) mass is 251 g/mol. The summed E-state index contributed by atoms with van der Waals surface area (Å²) < 4.78 is 0. The van der Waals surface area contributed by atoms with E-state index in [0.717, 1.165) is 5.92 Å². The van der Waals surface area contributed by atoms with Crippen molar-refractivity contribution in [1.82, 2.24) is 10.3 Å². The van der Waals surface area contributed by atoms with Crippen LogP contribution in [-0.4, -0.2) is 35.2 Å². The highest BCUT2D eigenvalue weighted by atomic mass is 32.1. The molecule has 92 valence electrons. The topological polar surface area (TPSA) is 59.1 Å². The largest absolute Gasteiger partial charge is 0.412 e. The number of hydrogen-bond donors (Lipinski definition) is 1. The number of hydrogen-bond acceptors (Lipinski definition) is 4. The van der Waals surface area contributed by atoms with Crippen LogP contribution in [0.25, 0.3) is 0 Å². The van der Waals surface area contributed by atoms with Gasteiger partial charge in [-0.15, -0.1) is 11.3 Å². The summed E-state index contributed by atoms with van der Waals surface area (Å²) in [7, 11) is 0. The van der Waals surface area contributed by atoms with Crippen molar-refractivity contribution in [2.24, 2.45) is 11.0 Å². The van der Waals surface area contributed by atoms with Crippen molar-refractivity contribution in [3.63, 3.8) is 0 Å². The highest BCUT2D eigenvalue weighted by Gasteiger charge is 2.46. The molecule has 2 bridgehead atoms. The molecule has 0 amide bonds. The highest BCUT2D eigenvalue weighted by molar-refractivity contribution is 7.10. The molecular formula is C12H17N3OS. The maximum absolute atomic E-state index is 4.61. The third-order valence-corrected chi connectivity index (χ3v) is 5.10. The molecule has 17 heavy (non-hydrogen) atoms. The second-order valence-electron chi connectivity index (χ2n) is 4.91. The quantitative estimate of drug-likeness (QED) is 0.810. The summed E-state index contributed by atoms with van der Waals surface area (Å²) in [5.41, 5.74) is 4.79. The summed E-state index contributed by atoms with van der Waals surface area (Å²) in [5.74, 6) is 0.757. The third kappa shape index (κ3) is 1.53. The molecule has 0 aromatic carbocycles. The van der Waals surface area contributed by atoms with Crippen LogP contribution in [0, 0.1) is 5.92 Å². The van der Waals surface area contributed by atoms with Gasteiger partial charge < -0.3 is 5.48 Å². The van der Waals surface area contributed by atoms with Gasteiger partial charge >= 0.3 is 0 Å². The Kier molecular flexibility index (Phi) is 2.69. The molecule has 1 aromatic rings. The molecule has 0 saturated carbocycles. The van der Waals surface area contributed by atoms with E-state index >= 15 is 0 Å². The van der Waals surface area contributed by atoms with E-state index in [4.69, 9.17) is 0 Å². The molecule has 3 saturated heterocycles. The predicted molar refractivity (Wildman–Crippen MR) is 69.3 cm³/mol. The Hall–Kier alpha value is -0.910. The molecule has 4 nitrogen and oxygen atoms in total. The minimum absolute atomic E-state index is 0.